The molecule has 0 aromatic heterocycles. The highest BCUT2D eigenvalue weighted by Crippen LogP contribution is 2.16. The minimum atomic E-state index is -0.756. The van der Waals surface area contributed by atoms with Crippen molar-refractivity contribution in [1.29, 1.82) is 0 Å². The van der Waals surface area contributed by atoms with Crippen LogP contribution in [0.5, 0.6) is 0 Å². The van der Waals surface area contributed by atoms with Crippen molar-refractivity contribution in [2.75, 3.05) is 0 Å². The maximum absolute atomic E-state index is 9.92. The maximum atomic E-state index is 9.92. The average molecular weight is 350 g/mol. The van der Waals surface area contributed by atoms with E-state index in [9.17, 15) is 25.5 Å². The van der Waals surface area contributed by atoms with Gasteiger partial charge in [-0.2, -0.15) is 0 Å². The normalized spacial score (nSPS) is 19.5. The van der Waals surface area contributed by atoms with Crippen molar-refractivity contribution in [1.82, 2.24) is 0 Å². The van der Waals surface area contributed by atoms with Gasteiger partial charge in [-0.25, -0.2) is 0 Å². The predicted molar refractivity (Wildman–Crippen MR) is 93.6 cm³/mol. The molecule has 6 N–H and O–H groups in total. The van der Waals surface area contributed by atoms with E-state index < -0.39 is 30.5 Å². The molecular weight excluding hydrogens is 312 g/mol. The molecule has 0 amide bonds. The average Bonchev–Trinajstić information content (AvgIpc) is 2.46. The number of rotatable bonds is 15. The molecule has 5 unspecified atom stereocenters. The Hall–Kier alpha value is -0.240. The third-order valence-corrected chi connectivity index (χ3v) is 4.34. The van der Waals surface area contributed by atoms with Gasteiger partial charge in [0.2, 0.25) is 0 Å². The van der Waals surface area contributed by atoms with Gasteiger partial charge in [0, 0.05) is 0 Å². The fourth-order valence-corrected chi connectivity index (χ4v) is 2.80. The topological polar surface area (TPSA) is 121 Å². The van der Waals surface area contributed by atoms with E-state index >= 15 is 0 Å². The highest BCUT2D eigenvalue weighted by atomic mass is 16.3. The number of aliphatic hydroxyl groups excluding tert-OH is 6. The van der Waals surface area contributed by atoms with Crippen LogP contribution in [0.25, 0.3) is 0 Å². The molecule has 0 rings (SSSR count). The van der Waals surface area contributed by atoms with Gasteiger partial charge in [0.05, 0.1) is 36.6 Å². The summed E-state index contributed by atoms with van der Waals surface area (Å²) in [6, 6.07) is 0. The van der Waals surface area contributed by atoms with Crippen LogP contribution in [-0.4, -0.2) is 67.3 Å². The summed E-state index contributed by atoms with van der Waals surface area (Å²) >= 11 is 0. The van der Waals surface area contributed by atoms with Crippen molar-refractivity contribution in [2.45, 2.75) is 115 Å². The maximum Gasteiger partial charge on any atom is 0.0589 e. The minimum Gasteiger partial charge on any atom is -0.393 e. The van der Waals surface area contributed by atoms with Crippen molar-refractivity contribution >= 4 is 0 Å². The van der Waals surface area contributed by atoms with Crippen molar-refractivity contribution < 1.29 is 30.6 Å². The smallest absolute Gasteiger partial charge is 0.0589 e. The lowest BCUT2D eigenvalue weighted by Gasteiger charge is -2.19. The highest BCUT2D eigenvalue weighted by Gasteiger charge is 2.17. The van der Waals surface area contributed by atoms with Crippen LogP contribution in [0, 0.1) is 0 Å². The molecule has 0 aliphatic rings. The Morgan fingerprint density at radius 2 is 0.917 bits per heavy atom. The van der Waals surface area contributed by atoms with E-state index in [1.807, 2.05) is 6.92 Å². The Morgan fingerprint density at radius 1 is 0.542 bits per heavy atom. The lowest BCUT2D eigenvalue weighted by molar-refractivity contribution is 0.0302. The van der Waals surface area contributed by atoms with E-state index in [2.05, 4.69) is 0 Å². The van der Waals surface area contributed by atoms with Gasteiger partial charge in [-0.3, -0.25) is 0 Å². The van der Waals surface area contributed by atoms with Crippen LogP contribution >= 0.6 is 0 Å². The second kappa shape index (κ2) is 14.0. The molecule has 0 spiro atoms. The van der Waals surface area contributed by atoms with E-state index in [-0.39, 0.29) is 18.9 Å². The molecule has 24 heavy (non-hydrogen) atoms. The molecular formula is C18H38O6. The van der Waals surface area contributed by atoms with Gasteiger partial charge in [-0.15, -0.1) is 0 Å². The standard InChI is InChI=1S/C18H38O6/c1-3-14(20)10-15(21)8-5-9-17(23)12-18(24)11-16(22)7-4-6-13(2)19/h13-24H,3-12H2,1-2H3/t13-,14?,15?,16?,17?,18?/m0/s1. The largest absolute Gasteiger partial charge is 0.393 e. The second-order valence-corrected chi connectivity index (χ2v) is 7.10. The first-order valence-corrected chi connectivity index (χ1v) is 9.32. The Balaban J connectivity index is 3.76. The molecule has 0 radical (unpaired) electrons. The van der Waals surface area contributed by atoms with E-state index in [1.54, 1.807) is 6.92 Å². The molecule has 0 fully saturated rings. The molecule has 0 saturated heterocycles. The summed E-state index contributed by atoms with van der Waals surface area (Å²) in [5.41, 5.74) is 0. The Kier molecular flexibility index (Phi) is 13.8. The summed E-state index contributed by atoms with van der Waals surface area (Å²) in [4.78, 5) is 0. The molecule has 0 aromatic carbocycles. The van der Waals surface area contributed by atoms with E-state index in [1.165, 1.54) is 0 Å². The Morgan fingerprint density at radius 3 is 1.29 bits per heavy atom. The van der Waals surface area contributed by atoms with Gasteiger partial charge in [0.1, 0.15) is 0 Å². The molecule has 0 saturated carbocycles. The highest BCUT2D eigenvalue weighted by molar-refractivity contribution is 4.70. The van der Waals surface area contributed by atoms with Crippen molar-refractivity contribution in [3.63, 3.8) is 0 Å². The number of hydrogen-bond donors (Lipinski definition) is 6. The van der Waals surface area contributed by atoms with Gasteiger partial charge in [-0.05, 0) is 71.1 Å². The number of hydrogen-bond acceptors (Lipinski definition) is 6. The van der Waals surface area contributed by atoms with Crippen LogP contribution in [-0.2, 0) is 0 Å². The van der Waals surface area contributed by atoms with Crippen molar-refractivity contribution in [3.8, 4) is 0 Å². The first kappa shape index (κ1) is 23.8. The molecule has 0 bridgehead atoms. The fraction of sp³-hybridized carbons (Fsp3) is 1.00. The second-order valence-electron chi connectivity index (χ2n) is 7.10. The van der Waals surface area contributed by atoms with Crippen LogP contribution in [0.15, 0.2) is 0 Å². The summed E-state index contributed by atoms with van der Waals surface area (Å²) in [6.45, 7) is 3.57. The summed E-state index contributed by atoms with van der Waals surface area (Å²) in [6.07, 6.45) is 1.44. The Bertz CT molecular complexity index is 287. The molecule has 0 heterocycles. The minimum absolute atomic E-state index is 0.209. The quantitative estimate of drug-likeness (QED) is 0.263. The van der Waals surface area contributed by atoms with Gasteiger partial charge in [0.25, 0.3) is 0 Å². The molecule has 6 heteroatoms. The van der Waals surface area contributed by atoms with Crippen LogP contribution < -0.4 is 0 Å². The summed E-state index contributed by atoms with van der Waals surface area (Å²) in [7, 11) is 0. The first-order chi connectivity index (χ1) is 11.2. The van der Waals surface area contributed by atoms with E-state index in [0.29, 0.717) is 51.4 Å². The van der Waals surface area contributed by atoms with Crippen LogP contribution in [0.4, 0.5) is 0 Å². The molecule has 0 aliphatic carbocycles. The third-order valence-electron chi connectivity index (χ3n) is 4.34. The molecule has 0 aromatic rings. The summed E-state index contributed by atoms with van der Waals surface area (Å²) < 4.78 is 0. The van der Waals surface area contributed by atoms with Gasteiger partial charge >= 0.3 is 0 Å². The number of aliphatic hydroxyl groups is 6. The summed E-state index contributed by atoms with van der Waals surface area (Å²) in [5.74, 6) is 0. The lowest BCUT2D eigenvalue weighted by atomic mass is 9.97. The van der Waals surface area contributed by atoms with Gasteiger partial charge < -0.3 is 30.6 Å². The van der Waals surface area contributed by atoms with Crippen LogP contribution in [0.2, 0.25) is 0 Å². The molecule has 0 aliphatic heterocycles. The third kappa shape index (κ3) is 14.1. The first-order valence-electron chi connectivity index (χ1n) is 9.32. The molecule has 6 nitrogen and oxygen atoms in total. The van der Waals surface area contributed by atoms with E-state index in [0.717, 1.165) is 0 Å². The van der Waals surface area contributed by atoms with E-state index in [4.69, 9.17) is 5.11 Å². The lowest BCUT2D eigenvalue weighted by Crippen LogP contribution is -2.23. The molecule has 6 atom stereocenters. The predicted octanol–water partition coefficient (Wildman–Crippen LogP) is 1.09. The zero-order valence-electron chi connectivity index (χ0n) is 15.2. The van der Waals surface area contributed by atoms with Gasteiger partial charge in [-0.1, -0.05) is 6.92 Å². The fourth-order valence-electron chi connectivity index (χ4n) is 2.80. The summed E-state index contributed by atoms with van der Waals surface area (Å²) in [5, 5.41) is 58.0. The van der Waals surface area contributed by atoms with Crippen molar-refractivity contribution in [3.05, 3.63) is 0 Å². The zero-order chi connectivity index (χ0) is 18.5. The van der Waals surface area contributed by atoms with Gasteiger partial charge in [0.15, 0.2) is 0 Å². The van der Waals surface area contributed by atoms with Crippen LogP contribution in [0.1, 0.15) is 78.1 Å². The zero-order valence-corrected chi connectivity index (χ0v) is 15.2. The molecule has 146 valence electrons. The Labute approximate surface area is 146 Å². The SMILES string of the molecule is CCC(O)CC(O)CCCC(O)CC(O)CC(O)CCC[C@H](C)O. The monoisotopic (exact) mass is 350 g/mol. The van der Waals surface area contributed by atoms with Crippen LogP contribution in [0.3, 0.4) is 0 Å². The van der Waals surface area contributed by atoms with Crippen molar-refractivity contribution in [2.24, 2.45) is 0 Å².